The Balaban J connectivity index is 2.14. The van der Waals surface area contributed by atoms with E-state index in [0.717, 1.165) is 23.3 Å². The summed E-state index contributed by atoms with van der Waals surface area (Å²) in [7, 11) is -4.31. The Morgan fingerprint density at radius 2 is 1.52 bits per heavy atom. The monoisotopic (exact) mass is 691 g/mol. The molecule has 0 spiro atoms. The molecule has 0 fully saturated rings. The zero-order chi connectivity index (χ0) is 32.8. The fourth-order valence-electron chi connectivity index (χ4n) is 4.33. The van der Waals surface area contributed by atoms with Crippen LogP contribution in [0.25, 0.3) is 0 Å². The van der Waals surface area contributed by atoms with Crippen molar-refractivity contribution in [1.29, 1.82) is 0 Å². The molecule has 0 aliphatic rings. The van der Waals surface area contributed by atoms with Crippen LogP contribution < -0.4 is 9.62 Å². The molecular formula is C30H31Cl3F3N3O4S. The highest BCUT2D eigenvalue weighted by molar-refractivity contribution is 7.92. The van der Waals surface area contributed by atoms with Gasteiger partial charge < -0.3 is 10.2 Å². The van der Waals surface area contributed by atoms with Crippen LogP contribution in [0.1, 0.15) is 30.5 Å². The number of rotatable bonds is 12. The van der Waals surface area contributed by atoms with Gasteiger partial charge in [0.2, 0.25) is 21.8 Å². The Morgan fingerprint density at radius 3 is 2.07 bits per heavy atom. The van der Waals surface area contributed by atoms with Crippen molar-refractivity contribution < 1.29 is 31.2 Å². The minimum Gasteiger partial charge on any atom is -0.354 e. The van der Waals surface area contributed by atoms with E-state index in [1.807, 2.05) is 13.8 Å². The molecule has 0 bridgehead atoms. The van der Waals surface area contributed by atoms with Gasteiger partial charge >= 0.3 is 6.18 Å². The first-order chi connectivity index (χ1) is 20.5. The third-order valence-electron chi connectivity index (χ3n) is 6.57. The minimum absolute atomic E-state index is 0.0383. The van der Waals surface area contributed by atoms with Gasteiger partial charge in [-0.05, 0) is 41.8 Å². The van der Waals surface area contributed by atoms with Crippen LogP contribution in [0.15, 0.2) is 66.7 Å². The molecule has 2 amide bonds. The van der Waals surface area contributed by atoms with Crippen LogP contribution in [-0.4, -0.2) is 50.5 Å². The molecule has 7 nitrogen and oxygen atoms in total. The topological polar surface area (TPSA) is 86.8 Å². The van der Waals surface area contributed by atoms with Crippen molar-refractivity contribution in [3.05, 3.63) is 98.5 Å². The second-order valence-electron chi connectivity index (χ2n) is 10.5. The van der Waals surface area contributed by atoms with Crippen molar-refractivity contribution >= 4 is 62.3 Å². The van der Waals surface area contributed by atoms with E-state index in [1.165, 1.54) is 0 Å². The van der Waals surface area contributed by atoms with Crippen LogP contribution >= 0.6 is 34.8 Å². The van der Waals surface area contributed by atoms with E-state index in [4.69, 9.17) is 34.8 Å². The zero-order valence-corrected chi connectivity index (χ0v) is 27.1. The number of carbonyl (C=O) groups excluding carboxylic acids is 2. The highest BCUT2D eigenvalue weighted by Crippen LogP contribution is 2.37. The van der Waals surface area contributed by atoms with Gasteiger partial charge in [-0.25, -0.2) is 8.42 Å². The normalized spacial score (nSPS) is 12.6. The molecule has 14 heteroatoms. The maximum Gasteiger partial charge on any atom is 0.417 e. The number of carbonyl (C=O) groups is 2. The molecule has 0 saturated carbocycles. The van der Waals surface area contributed by atoms with Crippen molar-refractivity contribution in [3.8, 4) is 0 Å². The largest absolute Gasteiger partial charge is 0.417 e. The maximum absolute atomic E-state index is 14.1. The summed E-state index contributed by atoms with van der Waals surface area (Å²) in [6, 6.07) is 14.9. The van der Waals surface area contributed by atoms with Gasteiger partial charge in [0, 0.05) is 35.1 Å². The summed E-state index contributed by atoms with van der Waals surface area (Å²) in [5.41, 5.74) is -0.701. The predicted molar refractivity (Wildman–Crippen MR) is 167 cm³/mol. The standard InChI is InChI=1S/C30H31Cl3F3N3O4S/c1-19(2)16-37-29(41)27(14-20-8-5-4-6-9-20)38(17-22-24(31)10-7-11-25(22)32)28(40)18-39(44(3,42)43)21-12-13-26(33)23(15-21)30(34,35)36/h4-13,15,19,27H,14,16-18H2,1-3H3,(H,37,41)/t27-/m0/s1. The van der Waals surface area contributed by atoms with Crippen LogP contribution in [0.4, 0.5) is 18.9 Å². The molecular weight excluding hydrogens is 662 g/mol. The zero-order valence-electron chi connectivity index (χ0n) is 24.0. The van der Waals surface area contributed by atoms with Crippen LogP contribution in [0.3, 0.4) is 0 Å². The van der Waals surface area contributed by atoms with Gasteiger partial charge in [-0.1, -0.05) is 85.0 Å². The van der Waals surface area contributed by atoms with Gasteiger partial charge in [0.15, 0.2) is 0 Å². The average Bonchev–Trinajstić information content (AvgIpc) is 2.93. The molecule has 1 atom stereocenters. The van der Waals surface area contributed by atoms with E-state index in [-0.39, 0.29) is 28.9 Å². The van der Waals surface area contributed by atoms with E-state index in [2.05, 4.69) is 5.32 Å². The third kappa shape index (κ3) is 9.50. The molecule has 238 valence electrons. The van der Waals surface area contributed by atoms with Crippen LogP contribution in [0, 0.1) is 5.92 Å². The lowest BCUT2D eigenvalue weighted by atomic mass is 10.0. The fourth-order valence-corrected chi connectivity index (χ4v) is 5.91. The van der Waals surface area contributed by atoms with Crippen LogP contribution in [0.2, 0.25) is 15.1 Å². The molecule has 0 unspecified atom stereocenters. The van der Waals surface area contributed by atoms with E-state index in [9.17, 15) is 31.2 Å². The molecule has 0 radical (unpaired) electrons. The molecule has 0 saturated heterocycles. The molecule has 0 heterocycles. The number of alkyl halides is 3. The molecule has 3 rings (SSSR count). The van der Waals surface area contributed by atoms with Crippen molar-refractivity contribution in [1.82, 2.24) is 10.2 Å². The smallest absolute Gasteiger partial charge is 0.354 e. The summed E-state index contributed by atoms with van der Waals surface area (Å²) in [4.78, 5) is 28.9. The number of hydrogen-bond acceptors (Lipinski definition) is 4. The Hall–Kier alpha value is -2.99. The summed E-state index contributed by atoms with van der Waals surface area (Å²) in [6.45, 7) is 2.85. The summed E-state index contributed by atoms with van der Waals surface area (Å²) in [5.74, 6) is -1.32. The Labute approximate surface area is 269 Å². The fraction of sp³-hybridized carbons (Fsp3) is 0.333. The molecule has 0 aliphatic carbocycles. The molecule has 3 aromatic carbocycles. The summed E-state index contributed by atoms with van der Waals surface area (Å²) >= 11 is 18.6. The number of anilines is 1. The highest BCUT2D eigenvalue weighted by atomic mass is 35.5. The minimum atomic E-state index is -4.89. The lowest BCUT2D eigenvalue weighted by molar-refractivity contribution is -0.140. The number of benzene rings is 3. The first-order valence-corrected chi connectivity index (χ1v) is 16.4. The van der Waals surface area contributed by atoms with Crippen molar-refractivity contribution in [2.45, 2.75) is 39.0 Å². The lowest BCUT2D eigenvalue weighted by Gasteiger charge is -2.34. The Kier molecular flexibility index (Phi) is 12.0. The lowest BCUT2D eigenvalue weighted by Crippen LogP contribution is -2.53. The number of nitrogens with zero attached hydrogens (tertiary/aromatic N) is 2. The third-order valence-corrected chi connectivity index (χ3v) is 8.75. The number of sulfonamides is 1. The van der Waals surface area contributed by atoms with Crippen molar-refractivity contribution in [3.63, 3.8) is 0 Å². The van der Waals surface area contributed by atoms with Crippen molar-refractivity contribution in [2.75, 3.05) is 23.7 Å². The second-order valence-corrected chi connectivity index (χ2v) is 13.6. The first kappa shape index (κ1) is 35.5. The summed E-state index contributed by atoms with van der Waals surface area (Å²) in [5, 5.41) is 2.59. The van der Waals surface area contributed by atoms with E-state index in [1.54, 1.807) is 48.5 Å². The van der Waals surface area contributed by atoms with Gasteiger partial charge in [0.25, 0.3) is 0 Å². The van der Waals surface area contributed by atoms with Gasteiger partial charge in [-0.15, -0.1) is 0 Å². The van der Waals surface area contributed by atoms with E-state index >= 15 is 0 Å². The quantitative estimate of drug-likeness (QED) is 0.225. The Bertz CT molecular complexity index is 1570. The van der Waals surface area contributed by atoms with E-state index < -0.39 is 56.9 Å². The van der Waals surface area contributed by atoms with Gasteiger partial charge in [-0.3, -0.25) is 13.9 Å². The van der Waals surface area contributed by atoms with Gasteiger partial charge in [0.05, 0.1) is 22.5 Å². The SMILES string of the molecule is CC(C)CNC(=O)[C@H](Cc1ccccc1)N(Cc1c(Cl)cccc1Cl)C(=O)CN(c1ccc(Cl)c(C(F)(F)F)c1)S(C)(=O)=O. The van der Waals surface area contributed by atoms with Crippen LogP contribution in [-0.2, 0) is 38.8 Å². The first-order valence-electron chi connectivity index (χ1n) is 13.4. The summed E-state index contributed by atoms with van der Waals surface area (Å²) < 4.78 is 67.2. The molecule has 3 aromatic rings. The van der Waals surface area contributed by atoms with Crippen molar-refractivity contribution in [2.24, 2.45) is 5.92 Å². The number of amides is 2. The Morgan fingerprint density at radius 1 is 0.909 bits per heavy atom. The number of nitrogens with one attached hydrogen (secondary N) is 1. The summed E-state index contributed by atoms with van der Waals surface area (Å²) in [6.07, 6.45) is -4.09. The number of hydrogen-bond donors (Lipinski definition) is 1. The predicted octanol–water partition coefficient (Wildman–Crippen LogP) is 6.84. The van der Waals surface area contributed by atoms with E-state index in [0.29, 0.717) is 28.0 Å². The molecule has 1 N–H and O–H groups in total. The van der Waals surface area contributed by atoms with Gasteiger partial charge in [-0.2, -0.15) is 13.2 Å². The highest BCUT2D eigenvalue weighted by Gasteiger charge is 2.36. The maximum atomic E-state index is 14.1. The molecule has 44 heavy (non-hydrogen) atoms. The average molecular weight is 693 g/mol. The molecule has 0 aliphatic heterocycles. The van der Waals surface area contributed by atoms with Gasteiger partial charge in [0.1, 0.15) is 12.6 Å². The van der Waals surface area contributed by atoms with Crippen LogP contribution in [0.5, 0.6) is 0 Å². The number of halogens is 6. The molecule has 0 aromatic heterocycles. The second kappa shape index (κ2) is 14.9.